The molecule has 1 heterocycles. The number of imide groups is 1. The Balaban J connectivity index is 1.57. The van der Waals surface area contributed by atoms with E-state index in [-0.39, 0.29) is 11.8 Å². The van der Waals surface area contributed by atoms with Crippen LogP contribution < -0.4 is 10.6 Å². The van der Waals surface area contributed by atoms with E-state index in [1.807, 2.05) is 18.2 Å². The third kappa shape index (κ3) is 4.93. The van der Waals surface area contributed by atoms with Gasteiger partial charge in [-0.05, 0) is 42.7 Å². The number of nitrogens with zero attached hydrogens (tertiary/aromatic N) is 1. The average molecular weight is 416 g/mol. The largest absolute Gasteiger partial charge is 0.385 e. The van der Waals surface area contributed by atoms with E-state index in [0.29, 0.717) is 54.4 Å². The van der Waals surface area contributed by atoms with E-state index < -0.39 is 6.03 Å². The number of carbonyl (C=O) groups is 3. The molecule has 3 rings (SSSR count). The maximum atomic E-state index is 12.5. The first-order valence-corrected chi connectivity index (χ1v) is 9.66. The van der Waals surface area contributed by atoms with Gasteiger partial charge in [0, 0.05) is 37.5 Å². The van der Waals surface area contributed by atoms with Crippen LogP contribution in [0.4, 0.5) is 10.5 Å². The predicted octanol–water partition coefficient (Wildman–Crippen LogP) is 3.34. The molecule has 0 aliphatic carbocycles. The van der Waals surface area contributed by atoms with Crippen LogP contribution in [-0.4, -0.2) is 49.6 Å². The van der Waals surface area contributed by atoms with E-state index in [1.54, 1.807) is 25.3 Å². The molecule has 0 fully saturated rings. The fourth-order valence-electron chi connectivity index (χ4n) is 3.13. The smallest absolute Gasteiger partial charge is 0.319 e. The fourth-order valence-corrected chi connectivity index (χ4v) is 3.36. The van der Waals surface area contributed by atoms with Crippen LogP contribution in [0.3, 0.4) is 0 Å². The molecule has 0 atom stereocenters. The highest BCUT2D eigenvalue weighted by atomic mass is 35.5. The minimum Gasteiger partial charge on any atom is -0.385 e. The van der Waals surface area contributed by atoms with Crippen LogP contribution in [0.15, 0.2) is 42.5 Å². The Morgan fingerprint density at radius 1 is 1.10 bits per heavy atom. The number of anilines is 1. The first-order valence-electron chi connectivity index (χ1n) is 9.28. The van der Waals surface area contributed by atoms with Gasteiger partial charge in [-0.3, -0.25) is 14.5 Å². The Bertz CT molecular complexity index is 932. The lowest BCUT2D eigenvalue weighted by Crippen LogP contribution is -2.31. The van der Waals surface area contributed by atoms with E-state index in [0.717, 1.165) is 5.56 Å². The molecule has 8 heteroatoms. The normalized spacial score (nSPS) is 12.8. The number of rotatable bonds is 8. The third-order valence-corrected chi connectivity index (χ3v) is 4.97. The van der Waals surface area contributed by atoms with Gasteiger partial charge in [-0.1, -0.05) is 29.8 Å². The summed E-state index contributed by atoms with van der Waals surface area (Å²) in [5, 5.41) is 6.10. The van der Waals surface area contributed by atoms with Crippen LogP contribution in [0.5, 0.6) is 0 Å². The molecule has 4 amide bonds. The summed E-state index contributed by atoms with van der Waals surface area (Å²) < 4.78 is 4.97. The van der Waals surface area contributed by atoms with E-state index in [2.05, 4.69) is 10.6 Å². The van der Waals surface area contributed by atoms with Gasteiger partial charge in [-0.2, -0.15) is 0 Å². The zero-order valence-electron chi connectivity index (χ0n) is 16.0. The molecular formula is C21H22ClN3O4. The molecular weight excluding hydrogens is 394 g/mol. The van der Waals surface area contributed by atoms with E-state index in [4.69, 9.17) is 16.3 Å². The number of halogens is 1. The van der Waals surface area contributed by atoms with Crippen molar-refractivity contribution in [2.45, 2.75) is 12.8 Å². The van der Waals surface area contributed by atoms with Gasteiger partial charge in [0.2, 0.25) is 0 Å². The van der Waals surface area contributed by atoms with Crippen molar-refractivity contribution < 1.29 is 19.1 Å². The lowest BCUT2D eigenvalue weighted by molar-refractivity contribution is 0.0638. The van der Waals surface area contributed by atoms with Gasteiger partial charge < -0.3 is 15.4 Å². The second-order valence-electron chi connectivity index (χ2n) is 6.59. The first kappa shape index (κ1) is 20.8. The highest BCUT2D eigenvalue weighted by Crippen LogP contribution is 2.26. The number of methoxy groups -OCH3 is 1. The topological polar surface area (TPSA) is 87.7 Å². The van der Waals surface area contributed by atoms with Gasteiger partial charge in [-0.15, -0.1) is 0 Å². The van der Waals surface area contributed by atoms with Crippen LogP contribution >= 0.6 is 11.6 Å². The number of ether oxygens (including phenoxy) is 1. The number of hydrogen-bond acceptors (Lipinski definition) is 4. The van der Waals surface area contributed by atoms with E-state index in [9.17, 15) is 14.4 Å². The number of benzene rings is 2. The summed E-state index contributed by atoms with van der Waals surface area (Å²) in [6.45, 7) is 1.17. The molecule has 0 spiro atoms. The second-order valence-corrected chi connectivity index (χ2v) is 7.00. The molecule has 0 aromatic heterocycles. The lowest BCUT2D eigenvalue weighted by atomic mass is 10.1. The Hall–Kier alpha value is -2.90. The minimum absolute atomic E-state index is 0.293. The van der Waals surface area contributed by atoms with Crippen LogP contribution in [0.25, 0.3) is 0 Å². The van der Waals surface area contributed by atoms with Crippen LogP contribution in [0.2, 0.25) is 5.02 Å². The fraction of sp³-hybridized carbons (Fsp3) is 0.286. The van der Waals surface area contributed by atoms with Gasteiger partial charge in [0.1, 0.15) is 0 Å². The van der Waals surface area contributed by atoms with Crippen molar-refractivity contribution in [2.75, 3.05) is 32.1 Å². The maximum Gasteiger partial charge on any atom is 0.319 e. The minimum atomic E-state index is -0.397. The van der Waals surface area contributed by atoms with Crippen molar-refractivity contribution in [1.29, 1.82) is 0 Å². The Morgan fingerprint density at radius 2 is 1.86 bits per heavy atom. The van der Waals surface area contributed by atoms with Crippen LogP contribution in [0.1, 0.15) is 32.7 Å². The van der Waals surface area contributed by atoms with E-state index >= 15 is 0 Å². The molecule has 1 aliphatic rings. The Labute approximate surface area is 174 Å². The highest BCUT2D eigenvalue weighted by molar-refractivity contribution is 6.31. The summed E-state index contributed by atoms with van der Waals surface area (Å²) in [5.74, 6) is -0.680. The van der Waals surface area contributed by atoms with Crippen molar-refractivity contribution >= 4 is 35.1 Å². The molecule has 0 bridgehead atoms. The molecule has 0 radical (unpaired) electrons. The standard InChI is InChI=1S/C21H22ClN3O4/c1-29-12-4-11-25-19(26)16-8-7-15(13-17(16)20(25)27)24-21(28)23-10-9-14-5-2-3-6-18(14)22/h2-3,5-8,13H,4,9-12H2,1H3,(H2,23,24,28). The Morgan fingerprint density at radius 3 is 2.62 bits per heavy atom. The monoisotopic (exact) mass is 415 g/mol. The van der Waals surface area contributed by atoms with Gasteiger partial charge in [0.15, 0.2) is 0 Å². The van der Waals surface area contributed by atoms with Crippen LogP contribution in [0, 0.1) is 0 Å². The van der Waals surface area contributed by atoms with Crippen molar-refractivity contribution in [3.63, 3.8) is 0 Å². The van der Waals surface area contributed by atoms with E-state index in [1.165, 1.54) is 11.0 Å². The zero-order valence-corrected chi connectivity index (χ0v) is 16.8. The van der Waals surface area contributed by atoms with Crippen molar-refractivity contribution in [2.24, 2.45) is 0 Å². The summed E-state index contributed by atoms with van der Waals surface area (Å²) >= 11 is 6.10. The predicted molar refractivity (Wildman–Crippen MR) is 110 cm³/mol. The first-order chi connectivity index (χ1) is 14.0. The molecule has 2 N–H and O–H groups in total. The second kappa shape index (κ2) is 9.54. The number of fused-ring (bicyclic) bond motifs is 1. The molecule has 29 heavy (non-hydrogen) atoms. The molecule has 0 unspecified atom stereocenters. The quantitative estimate of drug-likeness (QED) is 0.511. The van der Waals surface area contributed by atoms with Gasteiger partial charge in [-0.25, -0.2) is 4.79 Å². The molecule has 2 aromatic rings. The number of nitrogens with one attached hydrogen (secondary N) is 2. The number of carbonyl (C=O) groups excluding carboxylic acids is 3. The summed E-state index contributed by atoms with van der Waals surface area (Å²) in [6.07, 6.45) is 1.17. The van der Waals surface area contributed by atoms with Crippen LogP contribution in [-0.2, 0) is 11.2 Å². The zero-order chi connectivity index (χ0) is 20.8. The summed E-state index contributed by atoms with van der Waals surface area (Å²) in [5.41, 5.74) is 2.03. The Kier molecular flexibility index (Phi) is 6.85. The highest BCUT2D eigenvalue weighted by Gasteiger charge is 2.35. The number of hydrogen-bond donors (Lipinski definition) is 2. The molecule has 7 nitrogen and oxygen atoms in total. The molecule has 0 saturated carbocycles. The van der Waals surface area contributed by atoms with Gasteiger partial charge in [0.05, 0.1) is 11.1 Å². The SMILES string of the molecule is COCCCN1C(=O)c2ccc(NC(=O)NCCc3ccccc3Cl)cc2C1=O. The summed E-state index contributed by atoms with van der Waals surface area (Å²) in [6, 6.07) is 11.8. The molecule has 2 aromatic carbocycles. The summed E-state index contributed by atoms with van der Waals surface area (Å²) in [4.78, 5) is 38.3. The number of amides is 4. The molecule has 152 valence electrons. The average Bonchev–Trinajstić information content (AvgIpc) is 2.94. The van der Waals surface area contributed by atoms with Crippen molar-refractivity contribution in [3.8, 4) is 0 Å². The number of urea groups is 1. The third-order valence-electron chi connectivity index (χ3n) is 4.60. The lowest BCUT2D eigenvalue weighted by Gasteiger charge is -2.12. The van der Waals surface area contributed by atoms with Gasteiger partial charge >= 0.3 is 6.03 Å². The maximum absolute atomic E-state index is 12.5. The summed E-state index contributed by atoms with van der Waals surface area (Å²) in [7, 11) is 1.57. The molecule has 0 saturated heterocycles. The molecule has 1 aliphatic heterocycles. The van der Waals surface area contributed by atoms with Gasteiger partial charge in [0.25, 0.3) is 11.8 Å². The van der Waals surface area contributed by atoms with Crippen molar-refractivity contribution in [3.05, 3.63) is 64.2 Å². The van der Waals surface area contributed by atoms with Crippen molar-refractivity contribution in [1.82, 2.24) is 10.2 Å².